The van der Waals surface area contributed by atoms with Gasteiger partial charge in [-0.2, -0.15) is 0 Å². The molecule has 0 spiro atoms. The van der Waals surface area contributed by atoms with Crippen molar-refractivity contribution < 1.29 is 0 Å². The minimum absolute atomic E-state index is 0.698. The molecule has 2 aromatic rings. The summed E-state index contributed by atoms with van der Waals surface area (Å²) in [6, 6.07) is 5.85. The number of aryl methyl sites for hydroxylation is 2. The number of rotatable bonds is 3. The molecule has 0 bridgehead atoms. The predicted molar refractivity (Wildman–Crippen MR) is 74.8 cm³/mol. The summed E-state index contributed by atoms with van der Waals surface area (Å²) >= 11 is 0. The third kappa shape index (κ3) is 2.33. The molecule has 19 heavy (non-hydrogen) atoms. The summed E-state index contributed by atoms with van der Waals surface area (Å²) in [4.78, 5) is 9.16. The summed E-state index contributed by atoms with van der Waals surface area (Å²) < 4.78 is 2.29. The normalized spacial score (nSPS) is 14.2. The van der Waals surface area contributed by atoms with Crippen LogP contribution >= 0.6 is 0 Å². The highest BCUT2D eigenvalue weighted by molar-refractivity contribution is 5.34. The second-order valence-electron chi connectivity index (χ2n) is 5.00. The molecule has 2 aromatic heterocycles. The summed E-state index contributed by atoms with van der Waals surface area (Å²) in [7, 11) is 0. The molecule has 0 atom stereocenters. The predicted octanol–water partition coefficient (Wildman–Crippen LogP) is 1.80. The van der Waals surface area contributed by atoms with Gasteiger partial charge in [-0.15, -0.1) is 0 Å². The van der Waals surface area contributed by atoms with Crippen LogP contribution in [-0.2, 0) is 19.4 Å². The molecule has 100 valence electrons. The number of nitrogens with zero attached hydrogens (tertiary/aromatic N) is 3. The van der Waals surface area contributed by atoms with Crippen LogP contribution in [0.5, 0.6) is 0 Å². The smallest absolute Gasteiger partial charge is 0.140 e. The van der Waals surface area contributed by atoms with Gasteiger partial charge in [0.15, 0.2) is 0 Å². The maximum atomic E-state index is 5.40. The number of anilines is 1. The molecule has 0 unspecified atom stereocenters. The van der Waals surface area contributed by atoms with Gasteiger partial charge >= 0.3 is 0 Å². The maximum absolute atomic E-state index is 5.40. The van der Waals surface area contributed by atoms with E-state index in [-0.39, 0.29) is 0 Å². The minimum Gasteiger partial charge on any atom is -0.326 e. The SMILES string of the molecule is Cc1nc2c(n1Cc1cccc(NN)n1)CCCC2. The summed E-state index contributed by atoms with van der Waals surface area (Å²) in [5.74, 6) is 7.18. The van der Waals surface area contributed by atoms with Gasteiger partial charge in [0.1, 0.15) is 11.6 Å². The van der Waals surface area contributed by atoms with Gasteiger partial charge in [-0.05, 0) is 44.7 Å². The van der Waals surface area contributed by atoms with Gasteiger partial charge in [-0.3, -0.25) is 0 Å². The van der Waals surface area contributed by atoms with Crippen LogP contribution in [0.1, 0.15) is 35.7 Å². The van der Waals surface area contributed by atoms with Gasteiger partial charge < -0.3 is 9.99 Å². The molecule has 0 radical (unpaired) electrons. The lowest BCUT2D eigenvalue weighted by Gasteiger charge is -2.14. The van der Waals surface area contributed by atoms with E-state index in [1.165, 1.54) is 24.2 Å². The Hall–Kier alpha value is -1.88. The molecule has 0 saturated heterocycles. The molecule has 1 aliphatic carbocycles. The van der Waals surface area contributed by atoms with Crippen molar-refractivity contribution in [2.75, 3.05) is 5.43 Å². The van der Waals surface area contributed by atoms with E-state index in [2.05, 4.69) is 26.9 Å². The van der Waals surface area contributed by atoms with Crippen LogP contribution in [0.3, 0.4) is 0 Å². The van der Waals surface area contributed by atoms with Crippen molar-refractivity contribution in [1.82, 2.24) is 14.5 Å². The van der Waals surface area contributed by atoms with Gasteiger partial charge in [0.05, 0.1) is 17.9 Å². The van der Waals surface area contributed by atoms with Crippen LogP contribution in [0, 0.1) is 6.92 Å². The van der Waals surface area contributed by atoms with Crippen molar-refractivity contribution in [3.05, 3.63) is 41.1 Å². The summed E-state index contributed by atoms with van der Waals surface area (Å²) in [6.07, 6.45) is 4.76. The summed E-state index contributed by atoms with van der Waals surface area (Å²) in [5, 5.41) is 0. The quantitative estimate of drug-likeness (QED) is 0.650. The Morgan fingerprint density at radius 2 is 2.11 bits per heavy atom. The number of nitrogen functional groups attached to an aromatic ring is 1. The lowest BCUT2D eigenvalue weighted by molar-refractivity contribution is 0.620. The average molecular weight is 257 g/mol. The zero-order chi connectivity index (χ0) is 13.2. The fourth-order valence-corrected chi connectivity index (χ4v) is 2.76. The van der Waals surface area contributed by atoms with Gasteiger partial charge in [0.2, 0.25) is 0 Å². The number of nitrogens with one attached hydrogen (secondary N) is 1. The molecule has 0 fully saturated rings. The van der Waals surface area contributed by atoms with Crippen LogP contribution in [0.25, 0.3) is 0 Å². The Balaban J connectivity index is 1.92. The van der Waals surface area contributed by atoms with Crippen LogP contribution in [0.4, 0.5) is 5.82 Å². The van der Waals surface area contributed by atoms with Crippen molar-refractivity contribution >= 4 is 5.82 Å². The van der Waals surface area contributed by atoms with Crippen molar-refractivity contribution in [3.63, 3.8) is 0 Å². The van der Waals surface area contributed by atoms with E-state index in [0.29, 0.717) is 5.82 Å². The minimum atomic E-state index is 0.698. The number of hydrogen-bond donors (Lipinski definition) is 2. The monoisotopic (exact) mass is 257 g/mol. The first-order valence-corrected chi connectivity index (χ1v) is 6.75. The number of aromatic nitrogens is 3. The first-order valence-electron chi connectivity index (χ1n) is 6.75. The number of imidazole rings is 1. The molecule has 0 aliphatic heterocycles. The number of fused-ring (bicyclic) bond motifs is 1. The largest absolute Gasteiger partial charge is 0.326 e. The third-order valence-corrected chi connectivity index (χ3v) is 3.70. The molecule has 0 saturated carbocycles. The van der Waals surface area contributed by atoms with Crippen molar-refractivity contribution in [1.29, 1.82) is 0 Å². The molecule has 3 rings (SSSR count). The van der Waals surface area contributed by atoms with Crippen molar-refractivity contribution in [3.8, 4) is 0 Å². The Morgan fingerprint density at radius 1 is 1.26 bits per heavy atom. The Bertz CT molecular complexity index is 588. The number of pyridine rings is 1. The van der Waals surface area contributed by atoms with Crippen molar-refractivity contribution in [2.45, 2.75) is 39.2 Å². The average Bonchev–Trinajstić information content (AvgIpc) is 2.76. The van der Waals surface area contributed by atoms with Crippen molar-refractivity contribution in [2.24, 2.45) is 5.84 Å². The van der Waals surface area contributed by atoms with E-state index < -0.39 is 0 Å². The maximum Gasteiger partial charge on any atom is 0.140 e. The first-order chi connectivity index (χ1) is 9.28. The molecule has 0 aromatic carbocycles. The highest BCUT2D eigenvalue weighted by Gasteiger charge is 2.18. The summed E-state index contributed by atoms with van der Waals surface area (Å²) in [6.45, 7) is 2.84. The molecular weight excluding hydrogens is 238 g/mol. The lowest BCUT2D eigenvalue weighted by atomic mass is 10.0. The molecule has 2 heterocycles. The van der Waals surface area contributed by atoms with Gasteiger partial charge in [-0.1, -0.05) is 6.07 Å². The Kier molecular flexibility index (Phi) is 3.21. The summed E-state index contributed by atoms with van der Waals surface area (Å²) in [5.41, 5.74) is 6.25. The molecular formula is C14H19N5. The first kappa shape index (κ1) is 12.2. The van der Waals surface area contributed by atoms with Crippen LogP contribution in [0.15, 0.2) is 18.2 Å². The molecule has 3 N–H and O–H groups in total. The number of hydrogen-bond acceptors (Lipinski definition) is 4. The van der Waals surface area contributed by atoms with Gasteiger partial charge in [0.25, 0.3) is 0 Å². The Morgan fingerprint density at radius 3 is 2.95 bits per heavy atom. The second kappa shape index (κ2) is 5.01. The number of nitrogens with two attached hydrogens (primary N) is 1. The third-order valence-electron chi connectivity index (χ3n) is 3.70. The lowest BCUT2D eigenvalue weighted by Crippen LogP contribution is -2.13. The van der Waals surface area contributed by atoms with Gasteiger partial charge in [0, 0.05) is 5.69 Å². The van der Waals surface area contributed by atoms with Crippen LogP contribution < -0.4 is 11.3 Å². The molecule has 5 nitrogen and oxygen atoms in total. The van der Waals surface area contributed by atoms with E-state index in [1.807, 2.05) is 18.2 Å². The standard InChI is InChI=1S/C14H19N5/c1-10-16-12-6-2-3-7-13(12)19(10)9-11-5-4-8-14(17-11)18-15/h4-5,8H,2-3,6-7,9,15H2,1H3,(H,17,18). The molecule has 1 aliphatic rings. The van der Waals surface area contributed by atoms with Crippen LogP contribution in [-0.4, -0.2) is 14.5 Å². The molecule has 5 heteroatoms. The second-order valence-corrected chi connectivity index (χ2v) is 5.00. The Labute approximate surface area is 112 Å². The fourth-order valence-electron chi connectivity index (χ4n) is 2.76. The zero-order valence-electron chi connectivity index (χ0n) is 11.2. The van der Waals surface area contributed by atoms with E-state index in [4.69, 9.17) is 5.84 Å². The highest BCUT2D eigenvalue weighted by atomic mass is 15.2. The van der Waals surface area contributed by atoms with E-state index in [0.717, 1.165) is 30.9 Å². The molecule has 0 amide bonds. The zero-order valence-corrected chi connectivity index (χ0v) is 11.2. The van der Waals surface area contributed by atoms with Gasteiger partial charge in [-0.25, -0.2) is 15.8 Å². The fraction of sp³-hybridized carbons (Fsp3) is 0.429. The van der Waals surface area contributed by atoms with E-state index >= 15 is 0 Å². The number of hydrazine groups is 1. The van der Waals surface area contributed by atoms with Crippen LogP contribution in [0.2, 0.25) is 0 Å². The highest BCUT2D eigenvalue weighted by Crippen LogP contribution is 2.22. The van der Waals surface area contributed by atoms with E-state index in [1.54, 1.807) is 0 Å². The van der Waals surface area contributed by atoms with E-state index in [9.17, 15) is 0 Å². The topological polar surface area (TPSA) is 68.8 Å².